The summed E-state index contributed by atoms with van der Waals surface area (Å²) >= 11 is 0. The first kappa shape index (κ1) is 18.7. The van der Waals surface area contributed by atoms with Gasteiger partial charge in [-0.15, -0.1) is 4.80 Å². The second-order valence-electron chi connectivity index (χ2n) is 7.88. The maximum atomic E-state index is 13.5. The Labute approximate surface area is 174 Å². The highest BCUT2D eigenvalue weighted by Gasteiger charge is 2.49. The minimum Gasteiger partial charge on any atom is -0.458 e. The van der Waals surface area contributed by atoms with Gasteiger partial charge in [0, 0.05) is 24.6 Å². The molecule has 0 N–H and O–H groups in total. The Bertz CT molecular complexity index is 1050. The third-order valence-electron chi connectivity index (χ3n) is 5.88. The van der Waals surface area contributed by atoms with Crippen LogP contribution < -0.4 is 4.74 Å². The van der Waals surface area contributed by atoms with Gasteiger partial charge < -0.3 is 9.64 Å². The Hall–Kier alpha value is -3.36. The highest BCUT2D eigenvalue weighted by atomic mass is 16.5. The average molecular weight is 405 g/mol. The largest absolute Gasteiger partial charge is 0.458 e. The van der Waals surface area contributed by atoms with Crippen molar-refractivity contribution in [3.63, 3.8) is 0 Å². The molecule has 1 aliphatic carbocycles. The van der Waals surface area contributed by atoms with E-state index in [0.717, 1.165) is 30.5 Å². The van der Waals surface area contributed by atoms with Crippen LogP contribution >= 0.6 is 0 Å². The van der Waals surface area contributed by atoms with Crippen molar-refractivity contribution in [1.29, 1.82) is 0 Å². The van der Waals surface area contributed by atoms with Crippen LogP contribution in [0.15, 0.2) is 36.9 Å². The molecular formula is C21H23N7O2. The van der Waals surface area contributed by atoms with Gasteiger partial charge in [-0.2, -0.15) is 10.2 Å². The number of rotatable bonds is 5. The van der Waals surface area contributed by atoms with E-state index >= 15 is 0 Å². The number of likely N-dealkylation sites (tertiary alicyclic amines) is 1. The summed E-state index contributed by atoms with van der Waals surface area (Å²) in [7, 11) is 0. The highest BCUT2D eigenvalue weighted by molar-refractivity contribution is 5.96. The third kappa shape index (κ3) is 3.30. The molecule has 3 aromatic rings. The first-order valence-electron chi connectivity index (χ1n) is 10.2. The van der Waals surface area contributed by atoms with Crippen molar-refractivity contribution in [2.45, 2.75) is 45.3 Å². The van der Waals surface area contributed by atoms with E-state index in [-0.39, 0.29) is 18.1 Å². The van der Waals surface area contributed by atoms with E-state index in [2.05, 4.69) is 32.1 Å². The molecule has 9 heteroatoms. The number of hydrogen-bond acceptors (Lipinski definition) is 7. The molecular weight excluding hydrogens is 382 g/mol. The number of fused-ring (bicyclic) bond motifs is 2. The van der Waals surface area contributed by atoms with E-state index in [0.29, 0.717) is 29.9 Å². The summed E-state index contributed by atoms with van der Waals surface area (Å²) in [5.41, 5.74) is 2.78. The summed E-state index contributed by atoms with van der Waals surface area (Å²) in [5, 5.41) is 8.34. The predicted octanol–water partition coefficient (Wildman–Crippen LogP) is 2.01. The predicted molar refractivity (Wildman–Crippen MR) is 107 cm³/mol. The van der Waals surface area contributed by atoms with Crippen LogP contribution in [0.25, 0.3) is 5.69 Å². The van der Waals surface area contributed by atoms with E-state index < -0.39 is 0 Å². The zero-order valence-corrected chi connectivity index (χ0v) is 17.0. The second kappa shape index (κ2) is 7.47. The summed E-state index contributed by atoms with van der Waals surface area (Å²) in [4.78, 5) is 30.0. The van der Waals surface area contributed by atoms with E-state index in [1.165, 1.54) is 4.80 Å². The smallest absolute Gasteiger partial charge is 0.316 e. The molecule has 30 heavy (non-hydrogen) atoms. The van der Waals surface area contributed by atoms with Gasteiger partial charge in [0.05, 0.1) is 18.4 Å². The number of ether oxygens (including phenoxy) is 1. The number of carbonyl (C=O) groups is 1. The first-order valence-corrected chi connectivity index (χ1v) is 10.2. The van der Waals surface area contributed by atoms with Crippen molar-refractivity contribution in [2.24, 2.45) is 5.92 Å². The SMILES string of the molecule is CCc1cnc(OC2CC3CC2N(C(=O)c2nc(C)ccc2-n2nccn2)C3)nc1. The summed E-state index contributed by atoms with van der Waals surface area (Å²) < 4.78 is 6.08. The van der Waals surface area contributed by atoms with E-state index in [9.17, 15) is 4.79 Å². The molecule has 1 saturated heterocycles. The van der Waals surface area contributed by atoms with Crippen LogP contribution in [0.1, 0.15) is 41.5 Å². The van der Waals surface area contributed by atoms with Crippen molar-refractivity contribution in [3.05, 3.63) is 53.9 Å². The van der Waals surface area contributed by atoms with E-state index in [1.807, 2.05) is 24.0 Å². The summed E-state index contributed by atoms with van der Waals surface area (Å²) in [6.45, 7) is 4.64. The number of nitrogens with zero attached hydrogens (tertiary/aromatic N) is 7. The average Bonchev–Trinajstić information content (AvgIpc) is 3.51. The fourth-order valence-electron chi connectivity index (χ4n) is 4.39. The lowest BCUT2D eigenvalue weighted by atomic mass is 10.1. The molecule has 0 aromatic carbocycles. The summed E-state index contributed by atoms with van der Waals surface area (Å²) in [5.74, 6) is 0.295. The van der Waals surface area contributed by atoms with Crippen LogP contribution in [0.5, 0.6) is 6.01 Å². The molecule has 2 aliphatic rings. The van der Waals surface area contributed by atoms with Crippen LogP contribution in [0.4, 0.5) is 0 Å². The normalized spacial score (nSPS) is 22.5. The molecule has 0 spiro atoms. The molecule has 4 heterocycles. The summed E-state index contributed by atoms with van der Waals surface area (Å²) in [6, 6.07) is 4.04. The quantitative estimate of drug-likeness (QED) is 0.640. The van der Waals surface area contributed by atoms with Crippen molar-refractivity contribution >= 4 is 5.91 Å². The fourth-order valence-corrected chi connectivity index (χ4v) is 4.39. The fraction of sp³-hybridized carbons (Fsp3) is 0.429. The van der Waals surface area contributed by atoms with Crippen LogP contribution in [0, 0.1) is 12.8 Å². The van der Waals surface area contributed by atoms with Crippen molar-refractivity contribution in [1.82, 2.24) is 34.8 Å². The van der Waals surface area contributed by atoms with Crippen LogP contribution in [0.3, 0.4) is 0 Å². The molecule has 9 nitrogen and oxygen atoms in total. The lowest BCUT2D eigenvalue weighted by Crippen LogP contribution is -2.47. The second-order valence-corrected chi connectivity index (χ2v) is 7.88. The Balaban J connectivity index is 1.39. The number of amides is 1. The molecule has 1 aliphatic heterocycles. The van der Waals surface area contributed by atoms with Crippen LogP contribution in [0.2, 0.25) is 0 Å². The van der Waals surface area contributed by atoms with Gasteiger partial charge in [-0.3, -0.25) is 4.79 Å². The molecule has 3 unspecified atom stereocenters. The monoisotopic (exact) mass is 405 g/mol. The van der Waals surface area contributed by atoms with Gasteiger partial charge in [-0.1, -0.05) is 6.92 Å². The van der Waals surface area contributed by atoms with Gasteiger partial charge >= 0.3 is 6.01 Å². The Morgan fingerprint density at radius 3 is 2.63 bits per heavy atom. The lowest BCUT2D eigenvalue weighted by Gasteiger charge is -2.33. The van der Waals surface area contributed by atoms with Gasteiger partial charge in [0.2, 0.25) is 0 Å². The van der Waals surface area contributed by atoms with Gasteiger partial charge in [0.15, 0.2) is 5.69 Å². The van der Waals surface area contributed by atoms with Crippen molar-refractivity contribution < 1.29 is 9.53 Å². The van der Waals surface area contributed by atoms with E-state index in [4.69, 9.17) is 4.74 Å². The Morgan fingerprint density at radius 1 is 1.17 bits per heavy atom. The number of carbonyl (C=O) groups excluding carboxylic acids is 1. The number of piperidine rings is 1. The molecule has 1 amide bonds. The standard InChI is InChI=1S/C21H23N7O2/c1-3-14-10-22-21(23-11-14)30-18-9-15-8-17(18)27(12-15)20(29)19-16(5-4-13(2)26-19)28-24-6-7-25-28/h4-7,10-11,15,17-18H,3,8-9,12H2,1-2H3. The molecule has 154 valence electrons. The number of hydrogen-bond donors (Lipinski definition) is 0. The molecule has 3 atom stereocenters. The lowest BCUT2D eigenvalue weighted by molar-refractivity contribution is 0.0447. The molecule has 2 fully saturated rings. The van der Waals surface area contributed by atoms with Crippen molar-refractivity contribution in [3.8, 4) is 11.7 Å². The van der Waals surface area contributed by atoms with Gasteiger partial charge in [0.1, 0.15) is 11.8 Å². The maximum absolute atomic E-state index is 13.5. The third-order valence-corrected chi connectivity index (χ3v) is 5.88. The maximum Gasteiger partial charge on any atom is 0.316 e. The molecule has 5 rings (SSSR count). The molecule has 0 radical (unpaired) electrons. The van der Waals surface area contributed by atoms with E-state index in [1.54, 1.807) is 24.8 Å². The molecule has 2 bridgehead atoms. The van der Waals surface area contributed by atoms with Gasteiger partial charge in [-0.25, -0.2) is 15.0 Å². The minimum atomic E-state index is -0.117. The Kier molecular flexibility index (Phi) is 4.65. The minimum absolute atomic E-state index is 0.0160. The molecule has 1 saturated carbocycles. The topological polar surface area (TPSA) is 98.9 Å². The molecule has 3 aromatic heterocycles. The van der Waals surface area contributed by atoms with Crippen molar-refractivity contribution in [2.75, 3.05) is 6.54 Å². The first-order chi connectivity index (χ1) is 14.6. The zero-order chi connectivity index (χ0) is 20.7. The van der Waals surface area contributed by atoms with Gasteiger partial charge in [-0.05, 0) is 49.8 Å². The van der Waals surface area contributed by atoms with Crippen LogP contribution in [-0.2, 0) is 6.42 Å². The number of pyridine rings is 1. The number of aryl methyl sites for hydroxylation is 2. The Morgan fingerprint density at radius 2 is 1.93 bits per heavy atom. The summed E-state index contributed by atoms with van der Waals surface area (Å²) in [6.07, 6.45) is 9.34. The number of aromatic nitrogens is 6. The van der Waals surface area contributed by atoms with Crippen LogP contribution in [-0.4, -0.2) is 59.4 Å². The van der Waals surface area contributed by atoms with Gasteiger partial charge in [0.25, 0.3) is 5.91 Å². The highest BCUT2D eigenvalue weighted by Crippen LogP contribution is 2.40. The zero-order valence-electron chi connectivity index (χ0n) is 17.0.